The fourth-order valence-corrected chi connectivity index (χ4v) is 7.72. The number of benzene rings is 4. The molecule has 3 heteroatoms. The number of ether oxygens (including phenoxy) is 1. The zero-order valence-electron chi connectivity index (χ0n) is 35.1. The Hall–Kier alpha value is -3.00. The molecule has 0 saturated carbocycles. The SMILES string of the molecule is COc1c(C(C)(C)C)cc2[cH-]c(C)cc2c1-c1ccc(C(C)(C)C)cc1.Cc1cc2c(-c3ccc(C(C)(C)C)cc3)c3c(cc2[cH-]1)CCC3.[CH3-].[CH3-].[Si]=[Zr]. The summed E-state index contributed by atoms with van der Waals surface area (Å²) < 4.78 is 5.97. The van der Waals surface area contributed by atoms with Crippen LogP contribution in [0.4, 0.5) is 0 Å². The van der Waals surface area contributed by atoms with Gasteiger partial charge in [-0.2, -0.15) is 12.1 Å². The van der Waals surface area contributed by atoms with E-state index in [0.717, 1.165) is 5.75 Å². The molecule has 7 rings (SSSR count). The summed E-state index contributed by atoms with van der Waals surface area (Å²) in [6.07, 6.45) is 3.77. The van der Waals surface area contributed by atoms with Crippen molar-refractivity contribution in [2.24, 2.45) is 0 Å². The summed E-state index contributed by atoms with van der Waals surface area (Å²) in [5, 5.41) is 5.42. The van der Waals surface area contributed by atoms with Gasteiger partial charge in [0.1, 0.15) is 5.75 Å². The van der Waals surface area contributed by atoms with Crippen molar-refractivity contribution in [3.63, 3.8) is 0 Å². The van der Waals surface area contributed by atoms with E-state index in [1.54, 1.807) is 18.2 Å². The summed E-state index contributed by atoms with van der Waals surface area (Å²) >= 11 is 1.36. The van der Waals surface area contributed by atoms with Crippen molar-refractivity contribution in [3.8, 4) is 28.0 Å². The van der Waals surface area contributed by atoms with Gasteiger partial charge in [0.2, 0.25) is 0 Å². The number of rotatable bonds is 3. The molecule has 6 aromatic carbocycles. The van der Waals surface area contributed by atoms with Gasteiger partial charge in [-0.3, -0.25) is 0 Å². The molecule has 1 aliphatic rings. The second-order valence-electron chi connectivity index (χ2n) is 17.6. The standard InChI is InChI=1S/C25H31O.C23H25.2CH3.Si.Zr/c1-16-13-18-15-21(25(5,6)7)23(26-8)22(20(18)14-16)17-9-11-19(12-10-17)24(2,3)4;1-15-12-18-14-17-6-5-7-20(17)22(21(18)13-15)16-8-10-19(11-9-16)23(2,3)4;;;;/h9-15H,1-8H3;8-14H,5-7H2,1-4H3;2*1H3;;/q4*-1;;. The molecule has 0 aromatic heterocycles. The van der Waals surface area contributed by atoms with Crippen LogP contribution in [0.25, 0.3) is 43.8 Å². The van der Waals surface area contributed by atoms with Gasteiger partial charge in [0.15, 0.2) is 0 Å². The van der Waals surface area contributed by atoms with Gasteiger partial charge in [-0.25, -0.2) is 0 Å². The molecule has 0 heterocycles. The van der Waals surface area contributed by atoms with E-state index in [2.05, 4.69) is 168 Å². The maximum atomic E-state index is 5.97. The Morgan fingerprint density at radius 1 is 0.585 bits per heavy atom. The number of fused-ring (bicyclic) bond motifs is 3. The summed E-state index contributed by atoms with van der Waals surface area (Å²) in [5.74, 6) is 0.999. The van der Waals surface area contributed by atoms with Crippen molar-refractivity contribution in [1.29, 1.82) is 0 Å². The molecule has 1 nitrogen and oxygen atoms in total. The van der Waals surface area contributed by atoms with E-state index in [0.29, 0.717) is 0 Å². The number of hydrogen-bond acceptors (Lipinski definition) is 1. The topological polar surface area (TPSA) is 9.23 Å². The van der Waals surface area contributed by atoms with E-state index in [1.165, 1.54) is 114 Å². The van der Waals surface area contributed by atoms with E-state index in [-0.39, 0.29) is 31.1 Å². The molecule has 0 amide bonds. The predicted octanol–water partition coefficient (Wildman–Crippen LogP) is 14.0. The Balaban J connectivity index is 0.000000264. The van der Waals surface area contributed by atoms with Crippen molar-refractivity contribution in [2.75, 3.05) is 7.11 Å². The number of aryl methyl sites for hydroxylation is 3. The fraction of sp³-hybridized carbons (Fsp3) is 0.360. The molecule has 1 aliphatic carbocycles. The molecule has 0 bridgehead atoms. The fourth-order valence-electron chi connectivity index (χ4n) is 7.72. The van der Waals surface area contributed by atoms with Crippen molar-refractivity contribution in [1.82, 2.24) is 0 Å². The zero-order valence-corrected chi connectivity index (χ0v) is 38.6. The molecule has 0 saturated heterocycles. The molecule has 0 N–H and O–H groups in total. The van der Waals surface area contributed by atoms with Crippen LogP contribution in [-0.4, -0.2) is 14.0 Å². The average Bonchev–Trinajstić information content (AvgIpc) is 3.79. The van der Waals surface area contributed by atoms with E-state index >= 15 is 0 Å². The molecule has 53 heavy (non-hydrogen) atoms. The minimum absolute atomic E-state index is 0. The molecule has 0 atom stereocenters. The van der Waals surface area contributed by atoms with E-state index in [1.807, 2.05) is 0 Å². The Morgan fingerprint density at radius 2 is 1.02 bits per heavy atom. The summed E-state index contributed by atoms with van der Waals surface area (Å²) in [6.45, 7) is 27.8. The van der Waals surface area contributed by atoms with Gasteiger partial charge in [-0.1, -0.05) is 141 Å². The van der Waals surface area contributed by atoms with Crippen LogP contribution in [0.1, 0.15) is 108 Å². The summed E-state index contributed by atoms with van der Waals surface area (Å²) in [4.78, 5) is 0. The zero-order chi connectivity index (χ0) is 37.5. The predicted molar refractivity (Wildman–Crippen MR) is 233 cm³/mol. The Bertz CT molecular complexity index is 2140. The van der Waals surface area contributed by atoms with Crippen LogP contribution in [0, 0.1) is 28.7 Å². The Labute approximate surface area is 339 Å². The van der Waals surface area contributed by atoms with Crippen LogP contribution >= 0.6 is 0 Å². The molecule has 280 valence electrons. The van der Waals surface area contributed by atoms with Gasteiger partial charge >= 0.3 is 30.2 Å². The van der Waals surface area contributed by atoms with Crippen molar-refractivity contribution in [3.05, 3.63) is 139 Å². The second-order valence-corrected chi connectivity index (χ2v) is 17.6. The summed E-state index contributed by atoms with van der Waals surface area (Å²) in [7, 11) is 1.79. The number of hydrogen-bond donors (Lipinski definition) is 0. The first-order valence-corrected chi connectivity index (χ1v) is 22.6. The first-order chi connectivity index (χ1) is 24.0. The van der Waals surface area contributed by atoms with E-state index in [9.17, 15) is 0 Å². The molecule has 2 radical (unpaired) electrons. The van der Waals surface area contributed by atoms with Gasteiger partial charge < -0.3 is 19.6 Å². The summed E-state index contributed by atoms with van der Waals surface area (Å²) in [5.41, 5.74) is 15.5. The summed E-state index contributed by atoms with van der Waals surface area (Å²) in [6, 6.07) is 32.2. The Morgan fingerprint density at radius 3 is 1.45 bits per heavy atom. The average molecular weight is 798 g/mol. The van der Waals surface area contributed by atoms with Gasteiger partial charge in [0.05, 0.1) is 7.11 Å². The normalized spacial score (nSPS) is 12.5. The molecule has 0 fully saturated rings. The Kier molecular flexibility index (Phi) is 14.4. The van der Waals surface area contributed by atoms with E-state index < -0.39 is 0 Å². The third kappa shape index (κ3) is 9.45. The number of methoxy groups -OCH3 is 1. The third-order valence-electron chi connectivity index (χ3n) is 10.4. The van der Waals surface area contributed by atoms with Crippen molar-refractivity contribution in [2.45, 2.75) is 112 Å². The minimum atomic E-state index is 0. The van der Waals surface area contributed by atoms with Gasteiger partial charge in [-0.05, 0) is 68.9 Å². The first kappa shape index (κ1) is 44.4. The monoisotopic (exact) mass is 796 g/mol. The molecule has 0 spiro atoms. The second kappa shape index (κ2) is 17.2. The molecular weight excluding hydrogens is 736 g/mol. The molecule has 0 aliphatic heterocycles. The third-order valence-corrected chi connectivity index (χ3v) is 10.4. The van der Waals surface area contributed by atoms with Gasteiger partial charge in [-0.15, -0.1) is 56.9 Å². The van der Waals surface area contributed by atoms with Crippen LogP contribution < -0.4 is 4.74 Å². The molecule has 6 aromatic rings. The van der Waals surface area contributed by atoms with Crippen LogP contribution in [-0.2, 0) is 52.4 Å². The molecular formula is C50H62OSiZr-4. The van der Waals surface area contributed by atoms with Crippen molar-refractivity contribution >= 4 is 28.4 Å². The quantitative estimate of drug-likeness (QED) is 0.128. The van der Waals surface area contributed by atoms with Crippen LogP contribution in [0.2, 0.25) is 0 Å². The van der Waals surface area contributed by atoms with Gasteiger partial charge in [0.25, 0.3) is 0 Å². The van der Waals surface area contributed by atoms with E-state index in [4.69, 9.17) is 4.74 Å². The molecule has 0 unspecified atom stereocenters. The van der Waals surface area contributed by atoms with Crippen LogP contribution in [0.15, 0.2) is 84.9 Å². The van der Waals surface area contributed by atoms with Crippen molar-refractivity contribution < 1.29 is 28.1 Å². The van der Waals surface area contributed by atoms with Gasteiger partial charge in [0, 0.05) is 0 Å². The maximum absolute atomic E-state index is 5.97. The van der Waals surface area contributed by atoms with Crippen LogP contribution in [0.3, 0.4) is 0 Å². The first-order valence-electron chi connectivity index (χ1n) is 18.4. The van der Waals surface area contributed by atoms with Crippen LogP contribution in [0.5, 0.6) is 5.75 Å².